The summed E-state index contributed by atoms with van der Waals surface area (Å²) in [6, 6.07) is 9.35. The lowest BCUT2D eigenvalue weighted by atomic mass is 10.2. The van der Waals surface area contributed by atoms with Gasteiger partial charge in [0.25, 0.3) is 0 Å². The van der Waals surface area contributed by atoms with Crippen molar-refractivity contribution in [2.45, 2.75) is 30.6 Å². The molecule has 1 N–H and O–H groups in total. The van der Waals surface area contributed by atoms with Gasteiger partial charge in [-0.1, -0.05) is 24.6 Å². The minimum absolute atomic E-state index is 0.206. The van der Waals surface area contributed by atoms with Crippen molar-refractivity contribution in [3.63, 3.8) is 0 Å². The van der Waals surface area contributed by atoms with Crippen LogP contribution in [0.2, 0.25) is 0 Å². The first kappa shape index (κ1) is 12.9. The number of hydrogen-bond acceptors (Lipinski definition) is 2. The molecule has 0 spiro atoms. The molecule has 0 saturated heterocycles. The predicted molar refractivity (Wildman–Crippen MR) is 63.8 cm³/mol. The van der Waals surface area contributed by atoms with E-state index in [0.29, 0.717) is 12.2 Å². The Morgan fingerprint density at radius 1 is 1.12 bits per heavy atom. The van der Waals surface area contributed by atoms with Crippen LogP contribution in [0.3, 0.4) is 0 Å². The fourth-order valence-electron chi connectivity index (χ4n) is 1.38. The first-order valence-electron chi connectivity index (χ1n) is 5.35. The molecule has 0 aliphatic carbocycles. The van der Waals surface area contributed by atoms with E-state index in [-0.39, 0.29) is 6.42 Å². The van der Waals surface area contributed by atoms with Crippen molar-refractivity contribution in [3.05, 3.63) is 30.3 Å². The van der Waals surface area contributed by atoms with Crippen LogP contribution in [0.4, 0.5) is 0 Å². The largest absolute Gasteiger partial charge is 0.481 e. The zero-order valence-electron chi connectivity index (χ0n) is 9.09. The summed E-state index contributed by atoms with van der Waals surface area (Å²) in [6.45, 7) is 0. The second-order valence-corrected chi connectivity index (χ2v) is 5.14. The lowest BCUT2D eigenvalue weighted by Gasteiger charge is -2.01. The molecule has 0 aliphatic rings. The SMILES string of the molecule is O=C(O)CCCCCS(=O)c1ccccc1. The standard InChI is InChI=1S/C12H16O3S/c13-12(14)9-5-2-6-10-16(15)11-7-3-1-4-8-11/h1,3-4,7-8H,2,5-6,9-10H2,(H,13,14). The molecule has 0 bridgehead atoms. The van der Waals surface area contributed by atoms with Gasteiger partial charge < -0.3 is 5.11 Å². The molecule has 0 amide bonds. The summed E-state index contributed by atoms with van der Waals surface area (Å²) in [5.74, 6) is -0.145. The first-order chi connectivity index (χ1) is 7.70. The number of rotatable bonds is 7. The van der Waals surface area contributed by atoms with E-state index in [0.717, 1.165) is 17.7 Å². The summed E-state index contributed by atoms with van der Waals surface area (Å²) in [5.41, 5.74) is 0. The van der Waals surface area contributed by atoms with Crippen LogP contribution in [0.1, 0.15) is 25.7 Å². The van der Waals surface area contributed by atoms with Gasteiger partial charge in [0.15, 0.2) is 0 Å². The Kier molecular flexibility index (Phi) is 5.78. The van der Waals surface area contributed by atoms with Crippen molar-refractivity contribution in [2.75, 3.05) is 5.75 Å². The van der Waals surface area contributed by atoms with Crippen LogP contribution in [-0.2, 0) is 15.6 Å². The average molecular weight is 240 g/mol. The van der Waals surface area contributed by atoms with E-state index < -0.39 is 16.8 Å². The van der Waals surface area contributed by atoms with E-state index in [1.807, 2.05) is 30.3 Å². The van der Waals surface area contributed by atoms with Gasteiger partial charge in [0, 0.05) is 17.1 Å². The molecule has 0 saturated carbocycles. The van der Waals surface area contributed by atoms with Gasteiger partial charge in [-0.3, -0.25) is 9.00 Å². The van der Waals surface area contributed by atoms with Crippen LogP contribution in [0.15, 0.2) is 35.2 Å². The molecule has 1 aromatic carbocycles. The normalized spacial score (nSPS) is 12.2. The number of benzene rings is 1. The zero-order chi connectivity index (χ0) is 11.8. The van der Waals surface area contributed by atoms with E-state index in [9.17, 15) is 9.00 Å². The number of carboxylic acids is 1. The fourth-order valence-corrected chi connectivity index (χ4v) is 2.54. The van der Waals surface area contributed by atoms with E-state index >= 15 is 0 Å². The lowest BCUT2D eigenvalue weighted by Crippen LogP contribution is -1.99. The molecular weight excluding hydrogens is 224 g/mol. The number of carboxylic acid groups (broad SMARTS) is 1. The summed E-state index contributed by atoms with van der Waals surface area (Å²) in [7, 11) is -0.945. The summed E-state index contributed by atoms with van der Waals surface area (Å²) in [4.78, 5) is 11.1. The number of aliphatic carboxylic acids is 1. The molecular formula is C12H16O3S. The molecule has 0 heterocycles. The first-order valence-corrected chi connectivity index (χ1v) is 6.67. The Bertz CT molecular complexity index is 349. The van der Waals surface area contributed by atoms with Crippen molar-refractivity contribution in [1.82, 2.24) is 0 Å². The Hall–Kier alpha value is -1.16. The molecule has 0 aromatic heterocycles. The van der Waals surface area contributed by atoms with E-state index in [1.54, 1.807) is 0 Å². The lowest BCUT2D eigenvalue weighted by molar-refractivity contribution is -0.137. The number of unbranched alkanes of at least 4 members (excludes halogenated alkanes) is 2. The minimum atomic E-state index is -0.945. The van der Waals surface area contributed by atoms with Crippen LogP contribution in [0, 0.1) is 0 Å². The summed E-state index contributed by atoms with van der Waals surface area (Å²) < 4.78 is 11.7. The Morgan fingerprint density at radius 3 is 2.44 bits per heavy atom. The van der Waals surface area contributed by atoms with Gasteiger partial charge in [-0.25, -0.2) is 0 Å². The van der Waals surface area contributed by atoms with Crippen LogP contribution in [0.5, 0.6) is 0 Å². The zero-order valence-corrected chi connectivity index (χ0v) is 9.91. The smallest absolute Gasteiger partial charge is 0.303 e. The third kappa shape index (κ3) is 5.07. The van der Waals surface area contributed by atoms with Crippen LogP contribution in [0.25, 0.3) is 0 Å². The van der Waals surface area contributed by atoms with Gasteiger partial charge in [-0.2, -0.15) is 0 Å². The maximum atomic E-state index is 11.7. The second kappa shape index (κ2) is 7.17. The molecule has 1 rings (SSSR count). The van der Waals surface area contributed by atoms with Crippen molar-refractivity contribution in [2.24, 2.45) is 0 Å². The van der Waals surface area contributed by atoms with Crippen LogP contribution >= 0.6 is 0 Å². The van der Waals surface area contributed by atoms with Gasteiger partial charge in [0.05, 0.1) is 10.8 Å². The molecule has 0 fully saturated rings. The maximum absolute atomic E-state index is 11.7. The number of carbonyl (C=O) groups is 1. The monoisotopic (exact) mass is 240 g/mol. The highest BCUT2D eigenvalue weighted by Crippen LogP contribution is 2.08. The van der Waals surface area contributed by atoms with Crippen molar-refractivity contribution < 1.29 is 14.1 Å². The highest BCUT2D eigenvalue weighted by atomic mass is 32.2. The van der Waals surface area contributed by atoms with E-state index in [2.05, 4.69) is 0 Å². The molecule has 4 heteroatoms. The fraction of sp³-hybridized carbons (Fsp3) is 0.417. The topological polar surface area (TPSA) is 54.4 Å². The summed E-state index contributed by atoms with van der Waals surface area (Å²) in [6.07, 6.45) is 2.51. The van der Waals surface area contributed by atoms with Gasteiger partial charge >= 0.3 is 5.97 Å². The molecule has 1 unspecified atom stereocenters. The van der Waals surface area contributed by atoms with Crippen molar-refractivity contribution in [3.8, 4) is 0 Å². The average Bonchev–Trinajstić information content (AvgIpc) is 2.29. The molecule has 88 valence electrons. The third-order valence-electron chi connectivity index (χ3n) is 2.23. The molecule has 0 radical (unpaired) electrons. The third-order valence-corrected chi connectivity index (χ3v) is 3.68. The number of hydrogen-bond donors (Lipinski definition) is 1. The summed E-state index contributed by atoms with van der Waals surface area (Å²) in [5, 5.41) is 8.44. The molecule has 1 aromatic rings. The van der Waals surface area contributed by atoms with Gasteiger partial charge in [0.2, 0.25) is 0 Å². The predicted octanol–water partition coefficient (Wildman–Crippen LogP) is 2.44. The summed E-state index contributed by atoms with van der Waals surface area (Å²) >= 11 is 0. The maximum Gasteiger partial charge on any atom is 0.303 e. The highest BCUT2D eigenvalue weighted by molar-refractivity contribution is 7.85. The van der Waals surface area contributed by atoms with Gasteiger partial charge in [-0.05, 0) is 25.0 Å². The van der Waals surface area contributed by atoms with Crippen LogP contribution in [-0.4, -0.2) is 21.0 Å². The Balaban J connectivity index is 2.19. The van der Waals surface area contributed by atoms with E-state index in [4.69, 9.17) is 5.11 Å². The second-order valence-electron chi connectivity index (χ2n) is 3.57. The van der Waals surface area contributed by atoms with Crippen molar-refractivity contribution >= 4 is 16.8 Å². The van der Waals surface area contributed by atoms with Crippen LogP contribution < -0.4 is 0 Å². The molecule has 0 aliphatic heterocycles. The molecule has 16 heavy (non-hydrogen) atoms. The minimum Gasteiger partial charge on any atom is -0.481 e. The quantitative estimate of drug-likeness (QED) is 0.745. The van der Waals surface area contributed by atoms with Crippen molar-refractivity contribution in [1.29, 1.82) is 0 Å². The van der Waals surface area contributed by atoms with E-state index in [1.165, 1.54) is 0 Å². The Labute approximate surface area is 98.0 Å². The van der Waals surface area contributed by atoms with Gasteiger partial charge in [0.1, 0.15) is 0 Å². The Morgan fingerprint density at radius 2 is 1.81 bits per heavy atom. The molecule has 1 atom stereocenters. The van der Waals surface area contributed by atoms with Gasteiger partial charge in [-0.15, -0.1) is 0 Å². The highest BCUT2D eigenvalue weighted by Gasteiger charge is 2.03. The molecule has 3 nitrogen and oxygen atoms in total.